The van der Waals surface area contributed by atoms with Crippen LogP contribution >= 0.6 is 12.6 Å². The fraction of sp³-hybridized carbons (Fsp3) is 1.00. The molecule has 1 nitrogen and oxygen atoms in total. The lowest BCUT2D eigenvalue weighted by Crippen LogP contribution is -2.48. The van der Waals surface area contributed by atoms with Crippen LogP contribution in [-0.2, 0) is 0 Å². The zero-order valence-corrected chi connectivity index (χ0v) is 8.16. The zero-order valence-electron chi connectivity index (χ0n) is 7.26. The summed E-state index contributed by atoms with van der Waals surface area (Å²) in [6, 6.07) is 0. The Bertz CT molecular complexity index is 152. The third-order valence-electron chi connectivity index (χ3n) is 2.45. The van der Waals surface area contributed by atoms with Crippen LogP contribution in [0.2, 0.25) is 0 Å². The normalized spacial score (nSPS) is 30.5. The molecule has 0 spiro atoms. The molecule has 72 valence electrons. The third-order valence-corrected chi connectivity index (χ3v) is 2.65. The Labute approximate surface area is 77.5 Å². The molecule has 1 saturated heterocycles. The Morgan fingerprint density at radius 3 is 2.75 bits per heavy atom. The van der Waals surface area contributed by atoms with E-state index >= 15 is 0 Å². The summed E-state index contributed by atoms with van der Waals surface area (Å²) in [5, 5.41) is 0. The molecule has 0 amide bonds. The Morgan fingerprint density at radius 1 is 1.58 bits per heavy atom. The summed E-state index contributed by atoms with van der Waals surface area (Å²) in [7, 11) is 0. The number of nitrogens with zero attached hydrogens (tertiary/aromatic N) is 1. The van der Waals surface area contributed by atoms with Crippen LogP contribution in [0.1, 0.15) is 13.3 Å². The second-order valence-corrected chi connectivity index (χ2v) is 3.90. The minimum atomic E-state index is -2.50. The molecular formula is C8H15F2NS. The van der Waals surface area contributed by atoms with Gasteiger partial charge < -0.3 is 0 Å². The molecule has 0 aromatic carbocycles. The number of piperidine rings is 1. The van der Waals surface area contributed by atoms with E-state index in [0.717, 1.165) is 6.54 Å². The van der Waals surface area contributed by atoms with Gasteiger partial charge in [-0.15, -0.1) is 0 Å². The van der Waals surface area contributed by atoms with E-state index in [-0.39, 0.29) is 6.54 Å². The molecule has 1 atom stereocenters. The predicted octanol–water partition coefficient (Wildman–Crippen LogP) is 1.89. The van der Waals surface area contributed by atoms with Gasteiger partial charge in [-0.3, -0.25) is 4.90 Å². The Balaban J connectivity index is 2.45. The molecule has 0 radical (unpaired) electrons. The zero-order chi connectivity index (χ0) is 9.19. The van der Waals surface area contributed by atoms with E-state index in [4.69, 9.17) is 0 Å². The lowest BCUT2D eigenvalue weighted by atomic mass is 9.95. The minimum absolute atomic E-state index is 0.0886. The summed E-state index contributed by atoms with van der Waals surface area (Å²) >= 11 is 4.02. The summed E-state index contributed by atoms with van der Waals surface area (Å²) in [5.41, 5.74) is 0. The summed E-state index contributed by atoms with van der Waals surface area (Å²) in [6.07, 6.45) is 0.598. The quantitative estimate of drug-likeness (QED) is 0.659. The maximum atomic E-state index is 13.1. The maximum absolute atomic E-state index is 13.1. The van der Waals surface area contributed by atoms with Crippen LogP contribution in [0.5, 0.6) is 0 Å². The van der Waals surface area contributed by atoms with Crippen molar-refractivity contribution in [2.45, 2.75) is 19.3 Å². The van der Waals surface area contributed by atoms with Gasteiger partial charge in [0.2, 0.25) is 0 Å². The fourth-order valence-electron chi connectivity index (χ4n) is 1.45. The van der Waals surface area contributed by atoms with Gasteiger partial charge in [0.15, 0.2) is 0 Å². The van der Waals surface area contributed by atoms with Crippen molar-refractivity contribution >= 4 is 12.6 Å². The standard InChI is InChI=1S/C8H15F2NS/c1-7-2-3-11(4-5-12)6-8(7,9)10/h7,12H,2-6H2,1H3. The highest BCUT2D eigenvalue weighted by Gasteiger charge is 2.41. The van der Waals surface area contributed by atoms with Crippen LogP contribution in [0.25, 0.3) is 0 Å². The number of hydrogen-bond acceptors (Lipinski definition) is 2. The van der Waals surface area contributed by atoms with E-state index in [1.165, 1.54) is 0 Å². The van der Waals surface area contributed by atoms with Crippen LogP contribution in [-0.4, -0.2) is 36.2 Å². The van der Waals surface area contributed by atoms with E-state index in [1.807, 2.05) is 0 Å². The highest BCUT2D eigenvalue weighted by atomic mass is 32.1. The van der Waals surface area contributed by atoms with Crippen molar-refractivity contribution in [1.82, 2.24) is 4.90 Å². The van der Waals surface area contributed by atoms with E-state index in [2.05, 4.69) is 12.6 Å². The van der Waals surface area contributed by atoms with Crippen molar-refractivity contribution in [1.29, 1.82) is 0 Å². The lowest BCUT2D eigenvalue weighted by molar-refractivity contribution is -0.103. The van der Waals surface area contributed by atoms with Crippen LogP contribution in [0.4, 0.5) is 8.78 Å². The van der Waals surface area contributed by atoms with E-state index in [0.29, 0.717) is 18.7 Å². The maximum Gasteiger partial charge on any atom is 0.263 e. The summed E-state index contributed by atoms with van der Waals surface area (Å²) in [5.74, 6) is -2.31. The van der Waals surface area contributed by atoms with Gasteiger partial charge in [-0.05, 0) is 13.0 Å². The monoisotopic (exact) mass is 195 g/mol. The smallest absolute Gasteiger partial charge is 0.263 e. The molecule has 0 aromatic rings. The van der Waals surface area contributed by atoms with Crippen molar-refractivity contribution in [2.24, 2.45) is 5.92 Å². The summed E-state index contributed by atoms with van der Waals surface area (Å²) < 4.78 is 26.2. The Hall–Kier alpha value is 0.170. The number of alkyl halides is 2. The third kappa shape index (κ3) is 2.33. The number of halogens is 2. The first-order chi connectivity index (χ1) is 5.56. The number of rotatable bonds is 2. The molecule has 1 rings (SSSR count). The second-order valence-electron chi connectivity index (χ2n) is 3.45. The molecule has 1 fully saturated rings. The SMILES string of the molecule is CC1CCN(CCS)CC1(F)F. The minimum Gasteiger partial charge on any atom is -0.297 e. The number of thiol groups is 1. The number of likely N-dealkylation sites (tertiary alicyclic amines) is 1. The van der Waals surface area contributed by atoms with Gasteiger partial charge in [0.1, 0.15) is 0 Å². The van der Waals surface area contributed by atoms with Crippen LogP contribution in [0, 0.1) is 5.92 Å². The first kappa shape index (κ1) is 10.3. The van der Waals surface area contributed by atoms with Gasteiger partial charge in [0, 0.05) is 18.2 Å². The van der Waals surface area contributed by atoms with E-state index in [1.54, 1.807) is 11.8 Å². The summed E-state index contributed by atoms with van der Waals surface area (Å²) in [4.78, 5) is 1.78. The van der Waals surface area contributed by atoms with Crippen LogP contribution in [0.3, 0.4) is 0 Å². The van der Waals surface area contributed by atoms with Crippen LogP contribution < -0.4 is 0 Å². The van der Waals surface area contributed by atoms with Crippen molar-refractivity contribution in [3.63, 3.8) is 0 Å². The van der Waals surface area contributed by atoms with Crippen LogP contribution in [0.15, 0.2) is 0 Å². The van der Waals surface area contributed by atoms with Crippen molar-refractivity contribution in [2.75, 3.05) is 25.4 Å². The van der Waals surface area contributed by atoms with Gasteiger partial charge >= 0.3 is 0 Å². The van der Waals surface area contributed by atoms with Gasteiger partial charge in [0.25, 0.3) is 5.92 Å². The first-order valence-electron chi connectivity index (χ1n) is 4.27. The molecule has 0 aromatic heterocycles. The molecule has 0 saturated carbocycles. The molecule has 4 heteroatoms. The Morgan fingerprint density at radius 2 is 2.25 bits per heavy atom. The average molecular weight is 195 g/mol. The molecule has 12 heavy (non-hydrogen) atoms. The van der Waals surface area contributed by atoms with Gasteiger partial charge in [0.05, 0.1) is 6.54 Å². The summed E-state index contributed by atoms with van der Waals surface area (Å²) in [6.45, 7) is 3.00. The molecular weight excluding hydrogens is 180 g/mol. The van der Waals surface area contributed by atoms with E-state index in [9.17, 15) is 8.78 Å². The molecule has 0 aliphatic carbocycles. The molecule has 1 aliphatic rings. The van der Waals surface area contributed by atoms with Crippen molar-refractivity contribution < 1.29 is 8.78 Å². The largest absolute Gasteiger partial charge is 0.297 e. The van der Waals surface area contributed by atoms with Gasteiger partial charge in [-0.25, -0.2) is 8.78 Å². The fourth-order valence-corrected chi connectivity index (χ4v) is 1.74. The molecule has 0 N–H and O–H groups in total. The van der Waals surface area contributed by atoms with E-state index < -0.39 is 11.8 Å². The predicted molar refractivity (Wildman–Crippen MR) is 49.0 cm³/mol. The van der Waals surface area contributed by atoms with Gasteiger partial charge in [-0.2, -0.15) is 12.6 Å². The molecule has 1 unspecified atom stereocenters. The highest BCUT2D eigenvalue weighted by Crippen LogP contribution is 2.31. The second kappa shape index (κ2) is 3.92. The lowest BCUT2D eigenvalue weighted by Gasteiger charge is -2.36. The number of hydrogen-bond donors (Lipinski definition) is 1. The highest BCUT2D eigenvalue weighted by molar-refractivity contribution is 7.80. The van der Waals surface area contributed by atoms with Gasteiger partial charge in [-0.1, -0.05) is 6.92 Å². The first-order valence-corrected chi connectivity index (χ1v) is 4.90. The average Bonchev–Trinajstić information content (AvgIpc) is 1.97. The molecule has 1 aliphatic heterocycles. The van der Waals surface area contributed by atoms with Crippen molar-refractivity contribution in [3.05, 3.63) is 0 Å². The molecule has 1 heterocycles. The molecule has 0 bridgehead atoms. The topological polar surface area (TPSA) is 3.24 Å². The Kier molecular flexibility index (Phi) is 3.35. The van der Waals surface area contributed by atoms with Crippen molar-refractivity contribution in [3.8, 4) is 0 Å².